The third-order valence-corrected chi connectivity index (χ3v) is 5.33. The Labute approximate surface area is 194 Å². The van der Waals surface area contributed by atoms with Crippen LogP contribution in [0.4, 0.5) is 0 Å². The number of unbranched alkanes of at least 4 members (excludes halogenated alkanes) is 1. The van der Waals surface area contributed by atoms with E-state index in [9.17, 15) is 19.6 Å². The van der Waals surface area contributed by atoms with Gasteiger partial charge in [0.2, 0.25) is 5.88 Å². The Morgan fingerprint density at radius 2 is 2.03 bits per heavy atom. The molecule has 0 saturated carbocycles. The molecule has 1 aliphatic rings. The van der Waals surface area contributed by atoms with Crippen LogP contribution in [0.25, 0.3) is 11.2 Å². The number of hydrogen-bond acceptors (Lipinski definition) is 13. The Morgan fingerprint density at radius 1 is 1.26 bits per heavy atom. The number of carbonyl (C=O) groups excluding carboxylic acids is 1. The summed E-state index contributed by atoms with van der Waals surface area (Å²) in [5, 5.41) is 21.1. The van der Waals surface area contributed by atoms with E-state index in [0.29, 0.717) is 6.42 Å². The summed E-state index contributed by atoms with van der Waals surface area (Å²) in [6.07, 6.45) is -4.31. The van der Waals surface area contributed by atoms with Gasteiger partial charge in [-0.05, 0) is 6.42 Å². The summed E-state index contributed by atoms with van der Waals surface area (Å²) >= 11 is 0. The molecule has 15 nitrogen and oxygen atoms in total. The highest BCUT2D eigenvalue weighted by Crippen LogP contribution is 2.34. The molecule has 1 aliphatic heterocycles. The van der Waals surface area contributed by atoms with E-state index >= 15 is 0 Å². The number of fused-ring (bicyclic) bond motifs is 1. The zero-order chi connectivity index (χ0) is 24.8. The van der Waals surface area contributed by atoms with E-state index < -0.39 is 51.7 Å². The van der Waals surface area contributed by atoms with Crippen LogP contribution in [-0.2, 0) is 28.1 Å². The molecular formula is C18H27N4O11P. The fourth-order valence-corrected chi connectivity index (χ4v) is 3.54. The maximum Gasteiger partial charge on any atom is 0.363 e. The standard InChI is InChI=1S/C18H27N4O11P/c1-4-5-6-30-16(25)17(33-34(26)27)31-7-9-11(23)12(24)15(32-9)22-8-19-10-13(22)20-18(29-3)21-14(10)28-2/h8-9,11-12,15,17,23-24,34H,4-7H2,1-3H3,(H,26,27)/t9-,11-,12-,15-,17?/m1/s1. The summed E-state index contributed by atoms with van der Waals surface area (Å²) < 4.78 is 43.3. The first-order valence-corrected chi connectivity index (χ1v) is 11.6. The number of methoxy groups -OCH3 is 2. The number of nitrogens with zero attached hydrogens (tertiary/aromatic N) is 4. The molecule has 0 radical (unpaired) electrons. The van der Waals surface area contributed by atoms with Crippen molar-refractivity contribution in [2.75, 3.05) is 27.4 Å². The molecule has 6 atom stereocenters. The summed E-state index contributed by atoms with van der Waals surface area (Å²) in [6, 6.07) is -0.0141. The lowest BCUT2D eigenvalue weighted by atomic mass is 10.1. The molecule has 1 saturated heterocycles. The highest BCUT2D eigenvalue weighted by atomic mass is 31.1. The van der Waals surface area contributed by atoms with E-state index in [2.05, 4.69) is 19.5 Å². The van der Waals surface area contributed by atoms with Crippen LogP contribution in [0.15, 0.2) is 6.33 Å². The molecule has 3 rings (SSSR count). The normalized spacial score (nSPS) is 24.2. The Hall–Kier alpha value is -2.39. The van der Waals surface area contributed by atoms with E-state index in [-0.39, 0.29) is 29.7 Å². The number of aromatic nitrogens is 4. The summed E-state index contributed by atoms with van der Waals surface area (Å²) in [5.41, 5.74) is 0.478. The SMILES string of the molecule is CCCCOC(=O)C(OC[C@H]1O[C@@H](n2cnc3c(OC)nc(OC)nc32)[C@H](O)[C@@H]1O)O[PH](=O)O. The summed E-state index contributed by atoms with van der Waals surface area (Å²) in [4.78, 5) is 33.6. The fourth-order valence-electron chi connectivity index (χ4n) is 3.20. The monoisotopic (exact) mass is 506 g/mol. The van der Waals surface area contributed by atoms with Crippen molar-refractivity contribution in [3.8, 4) is 11.9 Å². The minimum atomic E-state index is -3.54. The van der Waals surface area contributed by atoms with Gasteiger partial charge in [-0.15, -0.1) is 0 Å². The quantitative estimate of drug-likeness (QED) is 0.145. The molecule has 1 fully saturated rings. The largest absolute Gasteiger partial charge is 0.479 e. The van der Waals surface area contributed by atoms with Gasteiger partial charge in [-0.2, -0.15) is 9.97 Å². The fraction of sp³-hybridized carbons (Fsp3) is 0.667. The number of aliphatic hydroxyl groups is 2. The van der Waals surface area contributed by atoms with Crippen LogP contribution in [0.3, 0.4) is 0 Å². The second-order valence-electron chi connectivity index (χ2n) is 7.16. The third kappa shape index (κ3) is 5.81. The average Bonchev–Trinajstić information content (AvgIpc) is 3.36. The number of hydrogen-bond donors (Lipinski definition) is 3. The highest BCUT2D eigenvalue weighted by molar-refractivity contribution is 7.32. The molecule has 0 bridgehead atoms. The van der Waals surface area contributed by atoms with Gasteiger partial charge in [-0.3, -0.25) is 13.7 Å². The maximum atomic E-state index is 12.1. The van der Waals surface area contributed by atoms with Gasteiger partial charge in [0.1, 0.15) is 18.3 Å². The second-order valence-corrected chi connectivity index (χ2v) is 7.93. The molecule has 0 aromatic carbocycles. The minimum absolute atomic E-state index is 0.0141. The van der Waals surface area contributed by atoms with Crippen molar-refractivity contribution in [3.63, 3.8) is 0 Å². The van der Waals surface area contributed by atoms with Gasteiger partial charge < -0.3 is 38.8 Å². The first-order valence-electron chi connectivity index (χ1n) is 10.3. The zero-order valence-electron chi connectivity index (χ0n) is 18.7. The van der Waals surface area contributed by atoms with Crippen molar-refractivity contribution in [2.45, 2.75) is 50.6 Å². The first kappa shape index (κ1) is 26.2. The molecule has 0 spiro atoms. The number of carbonyl (C=O) groups is 1. The molecular weight excluding hydrogens is 479 g/mol. The van der Waals surface area contributed by atoms with E-state index in [1.807, 2.05) is 6.92 Å². The molecule has 16 heteroatoms. The molecule has 2 aromatic heterocycles. The lowest BCUT2D eigenvalue weighted by molar-refractivity contribution is -0.185. The van der Waals surface area contributed by atoms with Crippen LogP contribution in [0.2, 0.25) is 0 Å². The van der Waals surface area contributed by atoms with Crippen molar-refractivity contribution in [1.82, 2.24) is 19.5 Å². The number of imidazole rings is 1. The van der Waals surface area contributed by atoms with Crippen molar-refractivity contribution >= 4 is 25.4 Å². The predicted molar refractivity (Wildman–Crippen MR) is 112 cm³/mol. The van der Waals surface area contributed by atoms with E-state index in [4.69, 9.17) is 28.6 Å². The highest BCUT2D eigenvalue weighted by Gasteiger charge is 2.45. The van der Waals surface area contributed by atoms with Crippen molar-refractivity contribution in [3.05, 3.63) is 6.33 Å². The summed E-state index contributed by atoms with van der Waals surface area (Å²) in [6.45, 7) is 1.51. The lowest BCUT2D eigenvalue weighted by Gasteiger charge is -2.19. The number of aliphatic hydroxyl groups excluding tert-OH is 2. The number of esters is 1. The van der Waals surface area contributed by atoms with Crippen LogP contribution in [0, 0.1) is 0 Å². The van der Waals surface area contributed by atoms with Gasteiger partial charge in [0, 0.05) is 0 Å². The van der Waals surface area contributed by atoms with Crippen LogP contribution < -0.4 is 9.47 Å². The van der Waals surface area contributed by atoms with Crippen LogP contribution in [-0.4, -0.2) is 92.6 Å². The van der Waals surface area contributed by atoms with Gasteiger partial charge in [0.15, 0.2) is 17.4 Å². The molecule has 34 heavy (non-hydrogen) atoms. The molecule has 2 aromatic rings. The van der Waals surface area contributed by atoms with Gasteiger partial charge in [0.05, 0.1) is 33.8 Å². The van der Waals surface area contributed by atoms with Crippen LogP contribution >= 0.6 is 8.25 Å². The second kappa shape index (κ2) is 11.8. The zero-order valence-corrected chi connectivity index (χ0v) is 19.7. The van der Waals surface area contributed by atoms with Gasteiger partial charge in [-0.25, -0.2) is 9.78 Å². The Kier molecular flexibility index (Phi) is 9.13. The lowest BCUT2D eigenvalue weighted by Crippen LogP contribution is -2.37. The Bertz CT molecular complexity index is 1010. The minimum Gasteiger partial charge on any atom is -0.479 e. The number of ether oxygens (including phenoxy) is 5. The summed E-state index contributed by atoms with van der Waals surface area (Å²) in [7, 11) is -0.778. The van der Waals surface area contributed by atoms with E-state index in [1.165, 1.54) is 25.1 Å². The first-order chi connectivity index (χ1) is 16.3. The molecule has 0 aliphatic carbocycles. The van der Waals surface area contributed by atoms with Crippen LogP contribution in [0.1, 0.15) is 26.0 Å². The van der Waals surface area contributed by atoms with Gasteiger partial charge in [-0.1, -0.05) is 13.3 Å². The van der Waals surface area contributed by atoms with Crippen molar-refractivity contribution in [2.24, 2.45) is 0 Å². The van der Waals surface area contributed by atoms with Crippen molar-refractivity contribution in [1.29, 1.82) is 0 Å². The average molecular weight is 506 g/mol. The molecule has 190 valence electrons. The van der Waals surface area contributed by atoms with Crippen LogP contribution in [0.5, 0.6) is 11.9 Å². The molecule has 3 heterocycles. The molecule has 3 N–H and O–H groups in total. The number of rotatable bonds is 12. The van der Waals surface area contributed by atoms with E-state index in [1.54, 1.807) is 0 Å². The molecule has 2 unspecified atom stereocenters. The van der Waals surface area contributed by atoms with Crippen molar-refractivity contribution < 1.29 is 52.7 Å². The van der Waals surface area contributed by atoms with Gasteiger partial charge >= 0.3 is 20.2 Å². The third-order valence-electron chi connectivity index (χ3n) is 4.91. The molecule has 0 amide bonds. The topological polar surface area (TPSA) is 194 Å². The van der Waals surface area contributed by atoms with Gasteiger partial charge in [0.25, 0.3) is 6.29 Å². The maximum absolute atomic E-state index is 12.1. The van der Waals surface area contributed by atoms with E-state index in [0.717, 1.165) is 6.42 Å². The predicted octanol–water partition coefficient (Wildman–Crippen LogP) is -0.453. The Balaban J connectivity index is 1.74. The summed E-state index contributed by atoms with van der Waals surface area (Å²) in [5.74, 6) is -0.865. The Morgan fingerprint density at radius 3 is 2.68 bits per heavy atom. The smallest absolute Gasteiger partial charge is 0.363 e.